The molecule has 2 aliphatic rings. The number of hydrogen-bond acceptors (Lipinski definition) is 8. The van der Waals surface area contributed by atoms with Gasteiger partial charge in [-0.15, -0.1) is 10.2 Å². The summed E-state index contributed by atoms with van der Waals surface area (Å²) in [7, 11) is 0. The summed E-state index contributed by atoms with van der Waals surface area (Å²) in [5.74, 6) is 0.717. The largest absolute Gasteiger partial charge is 0.490 e. The second kappa shape index (κ2) is 14.0. The molecule has 1 saturated heterocycles. The first-order valence-corrected chi connectivity index (χ1v) is 15.2. The summed E-state index contributed by atoms with van der Waals surface area (Å²) < 4.78 is 6.88. The van der Waals surface area contributed by atoms with E-state index in [2.05, 4.69) is 22.4 Å². The zero-order valence-corrected chi connectivity index (χ0v) is 23.7. The standard InChI is InChI=1S/C27H34N4O3S3/c1-2-11-24-29-30-26(37-24)28-23(32)16-7-4-10-17-31-25(33)22(36-27(31)35)18-19-12-8-9-15-21(19)34-20-13-5-3-6-14-20/h8-9,12,15,18,20H,2-7,10-11,13-14,16-17H2,1H3,(H,28,30,32)/b22-18-. The lowest BCUT2D eigenvalue weighted by Crippen LogP contribution is -2.29. The van der Waals surface area contributed by atoms with E-state index in [4.69, 9.17) is 17.0 Å². The number of benzene rings is 1. The number of carbonyl (C=O) groups excluding carboxylic acids is 2. The van der Waals surface area contributed by atoms with Gasteiger partial charge in [-0.05, 0) is 57.1 Å². The number of amides is 2. The summed E-state index contributed by atoms with van der Waals surface area (Å²) >= 11 is 8.28. The molecule has 0 spiro atoms. The molecule has 4 rings (SSSR count). The van der Waals surface area contributed by atoms with E-state index in [1.54, 1.807) is 4.90 Å². The van der Waals surface area contributed by atoms with E-state index in [9.17, 15) is 9.59 Å². The van der Waals surface area contributed by atoms with E-state index in [1.165, 1.54) is 42.4 Å². The topological polar surface area (TPSA) is 84.4 Å². The molecular weight excluding hydrogens is 525 g/mol. The summed E-state index contributed by atoms with van der Waals surface area (Å²) in [5.41, 5.74) is 0.914. The number of aromatic nitrogens is 2. The lowest BCUT2D eigenvalue weighted by molar-refractivity contribution is -0.122. The normalized spacial score (nSPS) is 17.5. The summed E-state index contributed by atoms with van der Waals surface area (Å²) in [6.45, 7) is 2.64. The summed E-state index contributed by atoms with van der Waals surface area (Å²) in [5, 5.41) is 12.4. The quantitative estimate of drug-likeness (QED) is 0.178. The van der Waals surface area contributed by atoms with Crippen LogP contribution >= 0.6 is 35.3 Å². The zero-order valence-electron chi connectivity index (χ0n) is 21.2. The van der Waals surface area contributed by atoms with E-state index >= 15 is 0 Å². The first kappa shape index (κ1) is 27.7. The van der Waals surface area contributed by atoms with Gasteiger partial charge in [-0.2, -0.15) is 0 Å². The van der Waals surface area contributed by atoms with Gasteiger partial charge in [-0.25, -0.2) is 0 Å². The highest BCUT2D eigenvalue weighted by molar-refractivity contribution is 8.26. The Morgan fingerprint density at radius 2 is 2.00 bits per heavy atom. The molecule has 0 atom stereocenters. The van der Waals surface area contributed by atoms with E-state index in [0.717, 1.165) is 61.3 Å². The molecule has 2 fully saturated rings. The molecule has 1 N–H and O–H groups in total. The van der Waals surface area contributed by atoms with Crippen molar-refractivity contribution in [3.63, 3.8) is 0 Å². The molecule has 0 unspecified atom stereocenters. The van der Waals surface area contributed by atoms with E-state index in [1.807, 2.05) is 30.3 Å². The Kier molecular flexibility index (Phi) is 10.5. The Morgan fingerprint density at radius 1 is 1.19 bits per heavy atom. The average molecular weight is 559 g/mol. The van der Waals surface area contributed by atoms with Crippen LogP contribution in [0.1, 0.15) is 81.7 Å². The average Bonchev–Trinajstić information content (AvgIpc) is 3.44. The lowest BCUT2D eigenvalue weighted by Gasteiger charge is -2.23. The minimum absolute atomic E-state index is 0.0538. The number of ether oxygens (including phenoxy) is 1. The number of hydrogen-bond donors (Lipinski definition) is 1. The first-order valence-electron chi connectivity index (χ1n) is 13.2. The van der Waals surface area contributed by atoms with Crippen molar-refractivity contribution in [3.8, 4) is 5.75 Å². The molecule has 1 aromatic carbocycles. The SMILES string of the molecule is CCCc1nnc(NC(=O)CCCCCN2C(=O)/C(=C/c3ccccc3OC3CCCCC3)SC2=S)s1. The maximum absolute atomic E-state index is 13.1. The van der Waals surface area contributed by atoms with Crippen LogP contribution in [-0.2, 0) is 16.0 Å². The van der Waals surface area contributed by atoms with Crippen LogP contribution in [0, 0.1) is 0 Å². The molecule has 1 aliphatic carbocycles. The molecular formula is C27H34N4O3S3. The van der Waals surface area contributed by atoms with Crippen molar-refractivity contribution in [1.82, 2.24) is 15.1 Å². The molecule has 37 heavy (non-hydrogen) atoms. The predicted molar refractivity (Wildman–Crippen MR) is 155 cm³/mol. The Labute approximate surface area is 232 Å². The minimum Gasteiger partial charge on any atom is -0.490 e. The number of carbonyl (C=O) groups is 2. The second-order valence-corrected chi connectivity index (χ2v) is 12.1. The summed E-state index contributed by atoms with van der Waals surface area (Å²) in [6, 6.07) is 7.90. The zero-order chi connectivity index (χ0) is 26.0. The van der Waals surface area contributed by atoms with Crippen LogP contribution in [0.2, 0.25) is 0 Å². The second-order valence-electron chi connectivity index (χ2n) is 9.36. The van der Waals surface area contributed by atoms with Crippen molar-refractivity contribution >= 4 is 62.7 Å². The van der Waals surface area contributed by atoms with Gasteiger partial charge in [-0.1, -0.05) is 73.3 Å². The fourth-order valence-electron chi connectivity index (χ4n) is 4.44. The van der Waals surface area contributed by atoms with Crippen molar-refractivity contribution in [2.24, 2.45) is 0 Å². The number of para-hydroxylation sites is 1. The Morgan fingerprint density at radius 3 is 2.81 bits per heavy atom. The van der Waals surface area contributed by atoms with Gasteiger partial charge in [-0.3, -0.25) is 14.5 Å². The number of thiocarbonyl (C=S) groups is 1. The van der Waals surface area contributed by atoms with Gasteiger partial charge in [0.1, 0.15) is 15.1 Å². The number of nitrogens with one attached hydrogen (secondary N) is 1. The van der Waals surface area contributed by atoms with Crippen molar-refractivity contribution in [2.45, 2.75) is 83.7 Å². The molecule has 0 radical (unpaired) electrons. The Bertz CT molecular complexity index is 1130. The molecule has 1 saturated carbocycles. The third-order valence-electron chi connectivity index (χ3n) is 6.39. The van der Waals surface area contributed by atoms with E-state index in [0.29, 0.717) is 27.3 Å². The van der Waals surface area contributed by atoms with E-state index in [-0.39, 0.29) is 17.9 Å². The van der Waals surface area contributed by atoms with Gasteiger partial charge >= 0.3 is 0 Å². The summed E-state index contributed by atoms with van der Waals surface area (Å²) in [6.07, 6.45) is 12.7. The molecule has 10 heteroatoms. The van der Waals surface area contributed by atoms with Crippen LogP contribution in [0.5, 0.6) is 5.75 Å². The molecule has 7 nitrogen and oxygen atoms in total. The number of rotatable bonds is 12. The number of unbranched alkanes of at least 4 members (excludes halogenated alkanes) is 2. The van der Waals surface area contributed by atoms with Gasteiger partial charge in [0.15, 0.2) is 0 Å². The smallest absolute Gasteiger partial charge is 0.266 e. The van der Waals surface area contributed by atoms with Gasteiger partial charge in [0, 0.05) is 24.9 Å². The highest BCUT2D eigenvalue weighted by atomic mass is 32.2. The third kappa shape index (κ3) is 8.09. The molecule has 2 aromatic rings. The van der Waals surface area contributed by atoms with Gasteiger partial charge < -0.3 is 10.1 Å². The first-order chi connectivity index (χ1) is 18.0. The molecule has 1 aromatic heterocycles. The molecule has 2 amide bonds. The molecule has 1 aliphatic heterocycles. The summed E-state index contributed by atoms with van der Waals surface area (Å²) in [4.78, 5) is 27.6. The molecule has 198 valence electrons. The third-order valence-corrected chi connectivity index (χ3v) is 8.66. The van der Waals surface area contributed by atoms with E-state index < -0.39 is 0 Å². The minimum atomic E-state index is -0.0561. The monoisotopic (exact) mass is 558 g/mol. The predicted octanol–water partition coefficient (Wildman–Crippen LogP) is 6.60. The van der Waals surface area contributed by atoms with Gasteiger partial charge in [0.2, 0.25) is 11.0 Å². The van der Waals surface area contributed by atoms with Crippen LogP contribution in [0.25, 0.3) is 6.08 Å². The van der Waals surface area contributed by atoms with Crippen LogP contribution < -0.4 is 10.1 Å². The number of nitrogens with zero attached hydrogens (tertiary/aromatic N) is 3. The fraction of sp³-hybridized carbons (Fsp3) is 0.519. The maximum Gasteiger partial charge on any atom is 0.266 e. The fourth-order valence-corrected chi connectivity index (χ4v) is 6.59. The maximum atomic E-state index is 13.1. The Balaban J connectivity index is 1.23. The van der Waals surface area contributed by atoms with Gasteiger partial charge in [0.25, 0.3) is 5.91 Å². The Hall–Kier alpha value is -2.30. The van der Waals surface area contributed by atoms with Crippen molar-refractivity contribution in [1.29, 1.82) is 0 Å². The van der Waals surface area contributed by atoms with Crippen molar-refractivity contribution < 1.29 is 14.3 Å². The van der Waals surface area contributed by atoms with Crippen LogP contribution in [0.3, 0.4) is 0 Å². The van der Waals surface area contributed by atoms with Crippen molar-refractivity contribution in [3.05, 3.63) is 39.7 Å². The molecule has 2 heterocycles. The van der Waals surface area contributed by atoms with Crippen LogP contribution in [0.4, 0.5) is 5.13 Å². The number of anilines is 1. The number of thioether (sulfide) groups is 1. The van der Waals surface area contributed by atoms with Crippen molar-refractivity contribution in [2.75, 3.05) is 11.9 Å². The highest BCUT2D eigenvalue weighted by Gasteiger charge is 2.31. The van der Waals surface area contributed by atoms with Crippen LogP contribution in [-0.4, -0.2) is 43.9 Å². The molecule has 0 bridgehead atoms. The van der Waals surface area contributed by atoms with Gasteiger partial charge in [0.05, 0.1) is 11.0 Å². The number of aryl methyl sites for hydroxylation is 1. The van der Waals surface area contributed by atoms with Crippen LogP contribution in [0.15, 0.2) is 29.2 Å². The lowest BCUT2D eigenvalue weighted by atomic mass is 9.97. The highest BCUT2D eigenvalue weighted by Crippen LogP contribution is 2.35.